The summed E-state index contributed by atoms with van der Waals surface area (Å²) in [6.45, 7) is 5.37. The first-order chi connectivity index (χ1) is 12.8. The number of nitrogens with zero attached hydrogens (tertiary/aromatic N) is 4. The standard InChI is InChI=1S/C21H29N4O2/c1-6-24(14-15-27-17(2)26)20-12-10-18(11-13-20)22-23-19-8-7-9-21(16-19)25(3,4)5/h7-13,16H,6,14-15H2,1-5H3/q+1/b23-22+. The Bertz CT molecular complexity index is 780. The van der Waals surface area contributed by atoms with Crippen LogP contribution >= 0.6 is 0 Å². The van der Waals surface area contributed by atoms with Gasteiger partial charge in [0.15, 0.2) is 0 Å². The molecule has 0 unspecified atom stereocenters. The van der Waals surface area contributed by atoms with Crippen molar-refractivity contribution >= 4 is 28.7 Å². The van der Waals surface area contributed by atoms with E-state index in [4.69, 9.17) is 4.74 Å². The number of benzene rings is 2. The lowest BCUT2D eigenvalue weighted by Crippen LogP contribution is -2.34. The van der Waals surface area contributed by atoms with Crippen molar-refractivity contribution in [1.29, 1.82) is 0 Å². The lowest BCUT2D eigenvalue weighted by atomic mass is 10.2. The molecule has 0 amide bonds. The monoisotopic (exact) mass is 369 g/mol. The molecule has 0 aliphatic carbocycles. The second-order valence-corrected chi connectivity index (χ2v) is 7.17. The van der Waals surface area contributed by atoms with Gasteiger partial charge in [-0.15, -0.1) is 0 Å². The number of esters is 1. The zero-order valence-electron chi connectivity index (χ0n) is 16.8. The first-order valence-electron chi connectivity index (χ1n) is 9.12. The van der Waals surface area contributed by atoms with E-state index in [1.807, 2.05) is 42.5 Å². The van der Waals surface area contributed by atoms with Crippen LogP contribution in [0.25, 0.3) is 0 Å². The Morgan fingerprint density at radius 1 is 1.04 bits per heavy atom. The van der Waals surface area contributed by atoms with Crippen LogP contribution in [0, 0.1) is 0 Å². The summed E-state index contributed by atoms with van der Waals surface area (Å²) in [6.07, 6.45) is 0. The van der Waals surface area contributed by atoms with E-state index in [2.05, 4.69) is 49.3 Å². The van der Waals surface area contributed by atoms with Gasteiger partial charge in [-0.05, 0) is 43.3 Å². The molecule has 2 aromatic carbocycles. The normalized spacial score (nSPS) is 11.6. The van der Waals surface area contributed by atoms with E-state index in [-0.39, 0.29) is 5.97 Å². The summed E-state index contributed by atoms with van der Waals surface area (Å²) < 4.78 is 5.76. The third-order valence-electron chi connectivity index (χ3n) is 4.15. The third-order valence-corrected chi connectivity index (χ3v) is 4.15. The van der Waals surface area contributed by atoms with Gasteiger partial charge in [-0.25, -0.2) is 0 Å². The number of anilines is 1. The topological polar surface area (TPSA) is 54.3 Å². The van der Waals surface area contributed by atoms with Gasteiger partial charge in [-0.2, -0.15) is 10.2 Å². The summed E-state index contributed by atoms with van der Waals surface area (Å²) in [6, 6.07) is 16.0. The van der Waals surface area contributed by atoms with Crippen molar-refractivity contribution < 1.29 is 9.53 Å². The molecule has 0 atom stereocenters. The fourth-order valence-electron chi connectivity index (χ4n) is 2.59. The van der Waals surface area contributed by atoms with Crippen LogP contribution in [0.15, 0.2) is 58.8 Å². The average molecular weight is 369 g/mol. The largest absolute Gasteiger partial charge is 0.464 e. The second-order valence-electron chi connectivity index (χ2n) is 7.17. The summed E-state index contributed by atoms with van der Waals surface area (Å²) in [5.41, 5.74) is 3.87. The highest BCUT2D eigenvalue weighted by molar-refractivity contribution is 5.66. The third kappa shape index (κ3) is 6.49. The molecule has 2 aromatic rings. The average Bonchev–Trinajstić information content (AvgIpc) is 2.63. The Labute approximate surface area is 161 Å². The van der Waals surface area contributed by atoms with Crippen LogP contribution in [0.4, 0.5) is 22.7 Å². The van der Waals surface area contributed by atoms with E-state index in [1.54, 1.807) is 0 Å². The van der Waals surface area contributed by atoms with E-state index in [0.717, 1.165) is 28.1 Å². The number of likely N-dealkylation sites (N-methyl/N-ethyl adjacent to an activating group) is 1. The number of carbonyl (C=O) groups excluding carboxylic acids is 1. The predicted octanol–water partition coefficient (Wildman–Crippen LogP) is 4.69. The van der Waals surface area contributed by atoms with Crippen LogP contribution < -0.4 is 9.38 Å². The summed E-state index contributed by atoms with van der Waals surface area (Å²) in [4.78, 5) is 13.0. The molecule has 0 aliphatic heterocycles. The van der Waals surface area contributed by atoms with E-state index < -0.39 is 0 Å². The number of quaternary nitrogens is 1. The number of ether oxygens (including phenoxy) is 1. The van der Waals surface area contributed by atoms with Crippen molar-refractivity contribution in [2.24, 2.45) is 10.2 Å². The van der Waals surface area contributed by atoms with Crippen LogP contribution in [0.3, 0.4) is 0 Å². The van der Waals surface area contributed by atoms with Gasteiger partial charge >= 0.3 is 5.97 Å². The highest BCUT2D eigenvalue weighted by atomic mass is 16.5. The van der Waals surface area contributed by atoms with Gasteiger partial charge in [-0.1, -0.05) is 6.07 Å². The Hall–Kier alpha value is -2.73. The lowest BCUT2D eigenvalue weighted by Gasteiger charge is -2.23. The van der Waals surface area contributed by atoms with Gasteiger partial charge in [-0.3, -0.25) is 9.28 Å². The molecule has 0 radical (unpaired) electrons. The second kappa shape index (κ2) is 9.28. The lowest BCUT2D eigenvalue weighted by molar-refractivity contribution is -0.140. The van der Waals surface area contributed by atoms with Crippen molar-refractivity contribution in [2.75, 3.05) is 45.7 Å². The number of azo groups is 1. The van der Waals surface area contributed by atoms with E-state index in [1.165, 1.54) is 12.6 Å². The minimum Gasteiger partial charge on any atom is -0.464 e. The Balaban J connectivity index is 2.04. The molecule has 0 aromatic heterocycles. The summed E-state index contributed by atoms with van der Waals surface area (Å²) in [5.74, 6) is -0.254. The Morgan fingerprint density at radius 2 is 1.70 bits per heavy atom. The maximum atomic E-state index is 10.9. The molecule has 0 spiro atoms. The highest BCUT2D eigenvalue weighted by Gasteiger charge is 2.11. The molecule has 27 heavy (non-hydrogen) atoms. The van der Waals surface area contributed by atoms with Crippen molar-refractivity contribution in [2.45, 2.75) is 13.8 Å². The van der Waals surface area contributed by atoms with Crippen LogP contribution in [0.5, 0.6) is 0 Å². The Kier molecular flexibility index (Phi) is 7.07. The van der Waals surface area contributed by atoms with E-state index in [0.29, 0.717) is 13.2 Å². The fraction of sp³-hybridized carbons (Fsp3) is 0.381. The minimum absolute atomic E-state index is 0.254. The number of rotatable bonds is 8. The molecule has 0 bridgehead atoms. The van der Waals surface area contributed by atoms with Crippen molar-refractivity contribution in [3.05, 3.63) is 48.5 Å². The quantitative estimate of drug-likeness (QED) is 0.385. The van der Waals surface area contributed by atoms with Crippen LogP contribution in [-0.4, -0.2) is 46.8 Å². The molecule has 0 fully saturated rings. The van der Waals surface area contributed by atoms with Gasteiger partial charge in [0.05, 0.1) is 39.1 Å². The molecule has 0 saturated heterocycles. The van der Waals surface area contributed by atoms with Crippen molar-refractivity contribution in [3.8, 4) is 0 Å². The van der Waals surface area contributed by atoms with Gasteiger partial charge < -0.3 is 9.64 Å². The summed E-state index contributed by atoms with van der Waals surface area (Å²) in [7, 11) is 6.36. The SMILES string of the molecule is CCN(CCOC(C)=O)c1ccc(/N=N/c2cccc([N+](C)(C)C)c2)cc1. The molecule has 0 N–H and O–H groups in total. The molecule has 2 rings (SSSR count). The van der Waals surface area contributed by atoms with Gasteiger partial charge in [0.2, 0.25) is 0 Å². The molecule has 0 aliphatic rings. The van der Waals surface area contributed by atoms with Gasteiger partial charge in [0.25, 0.3) is 0 Å². The molecular formula is C21H29N4O2+. The maximum Gasteiger partial charge on any atom is 0.302 e. The van der Waals surface area contributed by atoms with Crippen LogP contribution in [0.1, 0.15) is 13.8 Å². The molecular weight excluding hydrogens is 340 g/mol. The number of hydrogen-bond acceptors (Lipinski definition) is 5. The number of hydrogen-bond donors (Lipinski definition) is 0. The van der Waals surface area contributed by atoms with Crippen molar-refractivity contribution in [3.63, 3.8) is 0 Å². The van der Waals surface area contributed by atoms with E-state index in [9.17, 15) is 4.79 Å². The first-order valence-corrected chi connectivity index (χ1v) is 9.12. The minimum atomic E-state index is -0.254. The molecule has 0 saturated carbocycles. The molecule has 144 valence electrons. The zero-order chi connectivity index (χ0) is 19.9. The van der Waals surface area contributed by atoms with Crippen molar-refractivity contribution in [1.82, 2.24) is 4.48 Å². The Morgan fingerprint density at radius 3 is 2.30 bits per heavy atom. The van der Waals surface area contributed by atoms with E-state index >= 15 is 0 Å². The van der Waals surface area contributed by atoms with Gasteiger partial charge in [0.1, 0.15) is 12.3 Å². The smallest absolute Gasteiger partial charge is 0.302 e. The first kappa shape index (κ1) is 20.6. The fourth-order valence-corrected chi connectivity index (χ4v) is 2.59. The highest BCUT2D eigenvalue weighted by Crippen LogP contribution is 2.26. The zero-order valence-corrected chi connectivity index (χ0v) is 16.8. The maximum absolute atomic E-state index is 10.9. The predicted molar refractivity (Wildman–Crippen MR) is 111 cm³/mol. The summed E-state index contributed by atoms with van der Waals surface area (Å²) in [5, 5.41) is 8.70. The molecule has 6 heteroatoms. The molecule has 0 heterocycles. The number of carbonyl (C=O) groups is 1. The van der Waals surface area contributed by atoms with Crippen LogP contribution in [-0.2, 0) is 9.53 Å². The van der Waals surface area contributed by atoms with Crippen LogP contribution in [0.2, 0.25) is 0 Å². The summed E-state index contributed by atoms with van der Waals surface area (Å²) >= 11 is 0. The molecule has 6 nitrogen and oxygen atoms in total. The van der Waals surface area contributed by atoms with Gasteiger partial charge in [0, 0.05) is 25.2 Å².